The number of hydrogen-bond donors (Lipinski definition) is 1. The summed E-state index contributed by atoms with van der Waals surface area (Å²) in [5.74, 6) is 1.67. The normalized spacial score (nSPS) is 13.0. The third-order valence-electron chi connectivity index (χ3n) is 5.84. The van der Waals surface area contributed by atoms with Crippen molar-refractivity contribution in [2.75, 3.05) is 26.1 Å². The van der Waals surface area contributed by atoms with Crippen molar-refractivity contribution in [3.8, 4) is 28.4 Å². The zero-order valence-electron chi connectivity index (χ0n) is 19.9. The van der Waals surface area contributed by atoms with Gasteiger partial charge in [-0.3, -0.25) is 19.5 Å². The Bertz CT molecular complexity index is 1150. The zero-order valence-corrected chi connectivity index (χ0v) is 19.9. The van der Waals surface area contributed by atoms with Crippen molar-refractivity contribution in [3.63, 3.8) is 0 Å². The van der Waals surface area contributed by atoms with Gasteiger partial charge in [0.05, 0.1) is 19.9 Å². The van der Waals surface area contributed by atoms with Gasteiger partial charge in [0, 0.05) is 29.4 Å². The predicted octanol–water partition coefficient (Wildman–Crippen LogP) is 4.14. The second kappa shape index (κ2) is 9.99. The van der Waals surface area contributed by atoms with Crippen molar-refractivity contribution in [1.29, 1.82) is 0 Å². The van der Waals surface area contributed by atoms with Gasteiger partial charge in [-0.05, 0) is 75.2 Å². The second-order valence-electron chi connectivity index (χ2n) is 8.63. The fourth-order valence-corrected chi connectivity index (χ4v) is 3.71. The number of benzene rings is 2. The summed E-state index contributed by atoms with van der Waals surface area (Å²) in [5, 5.41) is 2.91. The van der Waals surface area contributed by atoms with Crippen LogP contribution in [0.25, 0.3) is 16.9 Å². The zero-order chi connectivity index (χ0) is 24.2. The van der Waals surface area contributed by atoms with Crippen molar-refractivity contribution in [3.05, 3.63) is 54.7 Å². The van der Waals surface area contributed by atoms with Crippen LogP contribution in [0.3, 0.4) is 0 Å². The molecule has 1 N–H and O–H groups in total. The lowest BCUT2D eigenvalue weighted by atomic mass is 10.1. The fourth-order valence-electron chi connectivity index (χ4n) is 3.71. The van der Waals surface area contributed by atoms with Gasteiger partial charge in [-0.15, -0.1) is 0 Å². The van der Waals surface area contributed by atoms with Gasteiger partial charge in [0.25, 0.3) is 0 Å². The van der Waals surface area contributed by atoms with E-state index in [1.54, 1.807) is 19.1 Å². The molecule has 0 saturated heterocycles. The van der Waals surface area contributed by atoms with Crippen LogP contribution in [0.4, 0.5) is 5.95 Å². The molecule has 2 amide bonds. The monoisotopic (exact) mass is 462 g/mol. The molecule has 0 unspecified atom stereocenters. The number of aromatic nitrogens is 2. The first-order chi connectivity index (χ1) is 16.4. The van der Waals surface area contributed by atoms with E-state index >= 15 is 0 Å². The molecule has 34 heavy (non-hydrogen) atoms. The topological polar surface area (TPSA) is 85.7 Å². The quantitative estimate of drug-likeness (QED) is 0.517. The number of carbonyl (C=O) groups is 2. The lowest BCUT2D eigenvalue weighted by Gasteiger charge is -2.26. The van der Waals surface area contributed by atoms with Crippen LogP contribution < -0.4 is 14.8 Å². The van der Waals surface area contributed by atoms with E-state index in [0.29, 0.717) is 11.6 Å². The van der Waals surface area contributed by atoms with Crippen LogP contribution >= 0.6 is 0 Å². The summed E-state index contributed by atoms with van der Waals surface area (Å²) in [7, 11) is 3.23. The fraction of sp³-hybridized carbons (Fsp3) is 0.346. The van der Waals surface area contributed by atoms with Crippen molar-refractivity contribution in [1.82, 2.24) is 14.5 Å². The number of nitrogens with zero attached hydrogens (tertiary/aromatic N) is 3. The summed E-state index contributed by atoms with van der Waals surface area (Å²) >= 11 is 0. The molecule has 1 aromatic heterocycles. The summed E-state index contributed by atoms with van der Waals surface area (Å²) in [4.78, 5) is 32.0. The average molecular weight is 463 g/mol. The number of amides is 2. The highest BCUT2D eigenvalue weighted by atomic mass is 16.5. The predicted molar refractivity (Wildman–Crippen MR) is 130 cm³/mol. The van der Waals surface area contributed by atoms with E-state index in [-0.39, 0.29) is 30.3 Å². The van der Waals surface area contributed by atoms with E-state index in [1.165, 1.54) is 0 Å². The summed E-state index contributed by atoms with van der Waals surface area (Å²) in [6.07, 6.45) is 3.67. The van der Waals surface area contributed by atoms with Crippen LogP contribution in [-0.2, 0) is 9.59 Å². The first kappa shape index (κ1) is 23.4. The Labute approximate surface area is 199 Å². The molecule has 1 saturated carbocycles. The van der Waals surface area contributed by atoms with E-state index in [1.807, 2.05) is 73.1 Å². The summed E-state index contributed by atoms with van der Waals surface area (Å²) in [5.41, 5.74) is 2.40. The largest absolute Gasteiger partial charge is 0.497 e. The number of imidazole rings is 1. The molecular weight excluding hydrogens is 432 g/mol. The molecule has 1 fully saturated rings. The molecular formula is C26H30N4O4. The molecule has 1 heterocycles. The molecule has 8 heteroatoms. The third-order valence-corrected chi connectivity index (χ3v) is 5.84. The minimum absolute atomic E-state index is 0.0135. The van der Waals surface area contributed by atoms with Crippen LogP contribution in [0, 0.1) is 5.92 Å². The Morgan fingerprint density at radius 1 is 1.03 bits per heavy atom. The van der Waals surface area contributed by atoms with Gasteiger partial charge in [0.2, 0.25) is 17.8 Å². The lowest BCUT2D eigenvalue weighted by Crippen LogP contribution is -2.43. The maximum absolute atomic E-state index is 13.0. The highest BCUT2D eigenvalue weighted by molar-refractivity contribution is 5.94. The van der Waals surface area contributed by atoms with E-state index < -0.39 is 0 Å². The van der Waals surface area contributed by atoms with E-state index in [4.69, 9.17) is 14.5 Å². The molecule has 178 valence electrons. The molecule has 1 aliphatic carbocycles. The number of anilines is 1. The number of carbonyl (C=O) groups excluding carboxylic acids is 2. The molecule has 0 bridgehead atoms. The van der Waals surface area contributed by atoms with Crippen LogP contribution in [-0.4, -0.2) is 53.1 Å². The Morgan fingerprint density at radius 3 is 2.15 bits per heavy atom. The van der Waals surface area contributed by atoms with Gasteiger partial charge in [-0.1, -0.05) is 0 Å². The Hall–Kier alpha value is -3.81. The van der Waals surface area contributed by atoms with Crippen LogP contribution in [0.15, 0.2) is 54.7 Å². The van der Waals surface area contributed by atoms with E-state index in [9.17, 15) is 9.59 Å². The number of methoxy groups -OCH3 is 2. The second-order valence-corrected chi connectivity index (χ2v) is 8.63. The third kappa shape index (κ3) is 5.22. The lowest BCUT2D eigenvalue weighted by molar-refractivity contribution is -0.137. The van der Waals surface area contributed by atoms with Gasteiger partial charge in [0.15, 0.2) is 0 Å². The van der Waals surface area contributed by atoms with E-state index in [2.05, 4.69) is 5.32 Å². The highest BCUT2D eigenvalue weighted by Crippen LogP contribution is 2.32. The Balaban J connectivity index is 1.62. The first-order valence-electron chi connectivity index (χ1n) is 11.4. The minimum Gasteiger partial charge on any atom is -0.497 e. The molecule has 0 aliphatic heterocycles. The molecule has 3 aromatic rings. The highest BCUT2D eigenvalue weighted by Gasteiger charge is 2.35. The number of ether oxygens (including phenoxy) is 2. The van der Waals surface area contributed by atoms with Gasteiger partial charge in [0.1, 0.15) is 18.0 Å². The van der Waals surface area contributed by atoms with Crippen LogP contribution in [0.1, 0.15) is 26.7 Å². The molecule has 8 nitrogen and oxygen atoms in total. The minimum atomic E-state index is -0.288. The summed E-state index contributed by atoms with van der Waals surface area (Å²) in [6.45, 7) is 3.83. The van der Waals surface area contributed by atoms with Crippen molar-refractivity contribution >= 4 is 17.8 Å². The van der Waals surface area contributed by atoms with Crippen molar-refractivity contribution in [2.45, 2.75) is 32.7 Å². The van der Waals surface area contributed by atoms with Crippen molar-refractivity contribution in [2.24, 2.45) is 5.92 Å². The molecule has 1 aliphatic rings. The number of hydrogen-bond acceptors (Lipinski definition) is 5. The Morgan fingerprint density at radius 2 is 1.62 bits per heavy atom. The molecule has 2 aromatic carbocycles. The maximum atomic E-state index is 13.0. The average Bonchev–Trinajstić information content (AvgIpc) is 3.62. The van der Waals surface area contributed by atoms with Gasteiger partial charge < -0.3 is 14.4 Å². The smallest absolute Gasteiger partial charge is 0.246 e. The van der Waals surface area contributed by atoms with Crippen molar-refractivity contribution < 1.29 is 19.1 Å². The van der Waals surface area contributed by atoms with Gasteiger partial charge in [-0.2, -0.15) is 0 Å². The maximum Gasteiger partial charge on any atom is 0.246 e. The standard InChI is InChI=1S/C26H30N4O4/c1-17(2)29(25(32)19-5-6-19)16-24(31)28-26-27-23(18-7-11-21(33-3)12-8-18)15-30(26)20-9-13-22(34-4)14-10-20/h7-15,17,19H,5-6,16H2,1-4H3,(H,27,28,31). The van der Waals surface area contributed by atoms with Crippen LogP contribution in [0.5, 0.6) is 11.5 Å². The molecule has 0 radical (unpaired) electrons. The molecule has 0 spiro atoms. The SMILES string of the molecule is COc1ccc(-c2cn(-c3ccc(OC)cc3)c(NC(=O)CN(C(=O)C3CC3)C(C)C)n2)cc1. The van der Waals surface area contributed by atoms with Crippen LogP contribution in [0.2, 0.25) is 0 Å². The first-order valence-corrected chi connectivity index (χ1v) is 11.4. The number of nitrogens with one attached hydrogen (secondary N) is 1. The molecule has 4 rings (SSSR count). The summed E-state index contributed by atoms with van der Waals surface area (Å²) < 4.78 is 12.3. The summed E-state index contributed by atoms with van der Waals surface area (Å²) in [6, 6.07) is 15.0. The van der Waals surface area contributed by atoms with Gasteiger partial charge >= 0.3 is 0 Å². The molecule has 0 atom stereocenters. The Kier molecular flexibility index (Phi) is 6.86. The number of rotatable bonds is 9. The van der Waals surface area contributed by atoms with Gasteiger partial charge in [-0.25, -0.2) is 4.98 Å². The van der Waals surface area contributed by atoms with E-state index in [0.717, 1.165) is 35.6 Å².